The Morgan fingerprint density at radius 3 is 2.60 bits per heavy atom. The lowest BCUT2D eigenvalue weighted by Crippen LogP contribution is -2.49. The molecule has 0 saturated heterocycles. The number of hydrogen-bond donors (Lipinski definition) is 2. The molecule has 1 atom stereocenters. The van der Waals surface area contributed by atoms with Gasteiger partial charge >= 0.3 is 0 Å². The quantitative estimate of drug-likeness (QED) is 0.552. The molecule has 0 unspecified atom stereocenters. The first-order chi connectivity index (χ1) is 9.12. The van der Waals surface area contributed by atoms with Crippen LogP contribution >= 0.6 is 0 Å². The second-order valence-electron chi connectivity index (χ2n) is 5.66. The topological polar surface area (TPSA) is 97.7 Å². The molecule has 110 valence electrons. The highest BCUT2D eigenvalue weighted by Gasteiger charge is 2.47. The van der Waals surface area contributed by atoms with Crippen molar-refractivity contribution in [3.63, 3.8) is 0 Å². The monoisotopic (exact) mass is 279 g/mol. The summed E-state index contributed by atoms with van der Waals surface area (Å²) in [6, 6.07) is 0. The molecule has 5 nitrogen and oxygen atoms in total. The van der Waals surface area contributed by atoms with Crippen LogP contribution in [0.5, 0.6) is 0 Å². The van der Waals surface area contributed by atoms with E-state index in [2.05, 4.69) is 0 Å². The van der Waals surface area contributed by atoms with Crippen molar-refractivity contribution >= 4 is 11.8 Å². The number of carbonyl (C=O) groups is 2. The second-order valence-corrected chi connectivity index (χ2v) is 5.66. The van der Waals surface area contributed by atoms with E-state index in [0.717, 1.165) is 6.08 Å². The fourth-order valence-electron chi connectivity index (χ4n) is 2.35. The van der Waals surface area contributed by atoms with Gasteiger partial charge in [-0.15, -0.1) is 0 Å². The molecule has 0 amide bonds. The van der Waals surface area contributed by atoms with Crippen LogP contribution in [0.15, 0.2) is 35.5 Å². The van der Waals surface area contributed by atoms with Gasteiger partial charge in [0.1, 0.15) is 5.60 Å². The molecule has 0 aromatic rings. The average Bonchev–Trinajstić information content (AvgIpc) is 2.30. The van der Waals surface area contributed by atoms with Gasteiger partial charge in [0.2, 0.25) is 0 Å². The van der Waals surface area contributed by atoms with Crippen molar-refractivity contribution in [1.29, 1.82) is 0 Å². The highest BCUT2D eigenvalue weighted by molar-refractivity contribution is 5.93. The Kier molecular flexibility index (Phi) is 4.68. The fraction of sp³-hybridized carbons (Fsp3) is 0.467. The summed E-state index contributed by atoms with van der Waals surface area (Å²) in [4.78, 5) is 22.1. The summed E-state index contributed by atoms with van der Waals surface area (Å²) < 4.78 is 0. The van der Waals surface area contributed by atoms with Gasteiger partial charge in [0.25, 0.3) is 0 Å². The van der Waals surface area contributed by atoms with Crippen LogP contribution in [-0.2, 0) is 9.59 Å². The number of aliphatic hydroxyl groups is 2. The van der Waals surface area contributed by atoms with E-state index in [0.29, 0.717) is 5.57 Å². The van der Waals surface area contributed by atoms with E-state index in [-0.39, 0.29) is 17.8 Å². The predicted octanol–water partition coefficient (Wildman–Crippen LogP) is -0.112. The van der Waals surface area contributed by atoms with Crippen molar-refractivity contribution < 1.29 is 24.9 Å². The summed E-state index contributed by atoms with van der Waals surface area (Å²) in [5.74, 6) is -1.48. The van der Waals surface area contributed by atoms with Gasteiger partial charge in [0.15, 0.2) is 5.78 Å². The number of rotatable bonds is 4. The zero-order valence-corrected chi connectivity index (χ0v) is 11.8. The summed E-state index contributed by atoms with van der Waals surface area (Å²) in [5.41, 5.74) is -1.70. The molecule has 0 aromatic carbocycles. The van der Waals surface area contributed by atoms with E-state index in [1.54, 1.807) is 20.8 Å². The molecule has 1 aliphatic rings. The third-order valence-electron chi connectivity index (χ3n) is 3.58. The normalized spacial score (nSPS) is 26.8. The molecule has 0 aromatic heterocycles. The molecule has 20 heavy (non-hydrogen) atoms. The summed E-state index contributed by atoms with van der Waals surface area (Å²) in [6.07, 6.45) is 5.14. The molecule has 1 aliphatic carbocycles. The van der Waals surface area contributed by atoms with Crippen LogP contribution in [0.2, 0.25) is 0 Å². The first kappa shape index (κ1) is 16.3. The maximum absolute atomic E-state index is 11.6. The van der Waals surface area contributed by atoms with Crippen LogP contribution in [0.4, 0.5) is 0 Å². The predicted molar refractivity (Wildman–Crippen MR) is 71.4 cm³/mol. The van der Waals surface area contributed by atoms with Gasteiger partial charge in [-0.1, -0.05) is 19.9 Å². The molecule has 0 saturated carbocycles. The summed E-state index contributed by atoms with van der Waals surface area (Å²) in [6.45, 7) is 4.55. The molecule has 0 aliphatic heterocycles. The summed E-state index contributed by atoms with van der Waals surface area (Å²) in [5, 5.41) is 30.6. The first-order valence-electron chi connectivity index (χ1n) is 6.28. The third kappa shape index (κ3) is 3.23. The van der Waals surface area contributed by atoms with Crippen molar-refractivity contribution in [2.75, 3.05) is 6.61 Å². The molecule has 0 bridgehead atoms. The van der Waals surface area contributed by atoms with Gasteiger partial charge in [0, 0.05) is 11.8 Å². The SMILES string of the molecule is CC(=C/C(=O)[O-])/C=C/[C@@]1(O)C(CO)=CC(=O)CC1(C)C. The van der Waals surface area contributed by atoms with E-state index in [4.69, 9.17) is 0 Å². The zero-order chi connectivity index (χ0) is 15.6. The van der Waals surface area contributed by atoms with Gasteiger partial charge < -0.3 is 20.1 Å². The molecule has 0 heterocycles. The van der Waals surface area contributed by atoms with E-state index >= 15 is 0 Å². The molecular weight excluding hydrogens is 260 g/mol. The van der Waals surface area contributed by atoms with Crippen LogP contribution in [0.3, 0.4) is 0 Å². The maximum Gasteiger partial charge on any atom is 0.156 e. The lowest BCUT2D eigenvalue weighted by molar-refractivity contribution is -0.297. The fourth-order valence-corrected chi connectivity index (χ4v) is 2.35. The lowest BCUT2D eigenvalue weighted by atomic mass is 9.64. The van der Waals surface area contributed by atoms with E-state index in [1.165, 1.54) is 18.2 Å². The van der Waals surface area contributed by atoms with Gasteiger partial charge in [-0.2, -0.15) is 0 Å². The minimum absolute atomic E-state index is 0.139. The number of carboxylic acids is 1. The molecule has 0 spiro atoms. The largest absolute Gasteiger partial charge is 0.545 e. The van der Waals surface area contributed by atoms with Crippen molar-refractivity contribution in [3.8, 4) is 0 Å². The number of aliphatic carboxylic acids is 1. The minimum atomic E-state index is -1.50. The average molecular weight is 279 g/mol. The lowest BCUT2D eigenvalue weighted by Gasteiger charge is -2.44. The maximum atomic E-state index is 11.6. The van der Waals surface area contributed by atoms with Gasteiger partial charge in [-0.25, -0.2) is 0 Å². The Labute approximate surface area is 117 Å². The Balaban J connectivity index is 3.22. The van der Waals surface area contributed by atoms with Gasteiger partial charge in [-0.3, -0.25) is 4.79 Å². The molecule has 2 N–H and O–H groups in total. The number of carboxylic acid groups (broad SMARTS) is 1. The third-order valence-corrected chi connectivity index (χ3v) is 3.58. The van der Waals surface area contributed by atoms with Crippen LogP contribution < -0.4 is 5.11 Å². The van der Waals surface area contributed by atoms with E-state index < -0.39 is 23.6 Å². The highest BCUT2D eigenvalue weighted by Crippen LogP contribution is 2.44. The van der Waals surface area contributed by atoms with Crippen molar-refractivity contribution in [2.45, 2.75) is 32.8 Å². The zero-order valence-electron chi connectivity index (χ0n) is 11.8. The van der Waals surface area contributed by atoms with Crippen molar-refractivity contribution in [3.05, 3.63) is 35.5 Å². The Morgan fingerprint density at radius 1 is 1.50 bits per heavy atom. The molecular formula is C15H19O5-. The molecule has 0 radical (unpaired) electrons. The van der Waals surface area contributed by atoms with E-state index in [9.17, 15) is 24.9 Å². The summed E-state index contributed by atoms with van der Waals surface area (Å²) in [7, 11) is 0. The first-order valence-corrected chi connectivity index (χ1v) is 6.28. The van der Waals surface area contributed by atoms with Crippen LogP contribution in [0.1, 0.15) is 27.2 Å². The molecule has 1 rings (SSSR count). The van der Waals surface area contributed by atoms with Crippen LogP contribution in [0.25, 0.3) is 0 Å². The van der Waals surface area contributed by atoms with E-state index in [1.807, 2.05) is 0 Å². The standard InChI is InChI=1S/C15H20O5/c1-10(6-13(18)19)4-5-15(20)11(9-16)7-12(17)8-14(15,2)3/h4-7,16,20H,8-9H2,1-3H3,(H,18,19)/p-1/b5-4+,10-6-/t15-/m1/s1. The van der Waals surface area contributed by atoms with Crippen LogP contribution in [-0.4, -0.2) is 34.2 Å². The Hall–Kier alpha value is -1.72. The number of carbonyl (C=O) groups excluding carboxylic acids is 2. The second kappa shape index (κ2) is 5.73. The van der Waals surface area contributed by atoms with Crippen molar-refractivity contribution in [1.82, 2.24) is 0 Å². The van der Waals surface area contributed by atoms with Gasteiger partial charge in [0.05, 0.1) is 12.6 Å². The molecule has 0 fully saturated rings. The number of aliphatic hydroxyl groups excluding tert-OH is 1. The highest BCUT2D eigenvalue weighted by atomic mass is 16.4. The van der Waals surface area contributed by atoms with Crippen LogP contribution in [0, 0.1) is 5.41 Å². The minimum Gasteiger partial charge on any atom is -0.545 e. The summed E-state index contributed by atoms with van der Waals surface area (Å²) >= 11 is 0. The molecule has 5 heteroatoms. The number of allylic oxidation sites excluding steroid dienone is 3. The Morgan fingerprint density at radius 2 is 2.10 bits per heavy atom. The Bertz CT molecular complexity index is 510. The number of ketones is 1. The number of hydrogen-bond acceptors (Lipinski definition) is 5. The van der Waals surface area contributed by atoms with Crippen molar-refractivity contribution in [2.24, 2.45) is 5.41 Å². The van der Waals surface area contributed by atoms with Gasteiger partial charge in [-0.05, 0) is 36.3 Å². The smallest absolute Gasteiger partial charge is 0.156 e.